The van der Waals surface area contributed by atoms with E-state index >= 15 is 0 Å². The van der Waals surface area contributed by atoms with Crippen LogP contribution in [-0.2, 0) is 0 Å². The SMILES string of the molecule is CCC1CCN(C(=O)c2sc3cc(Cl)ccc3c2N)CC1. The van der Waals surface area contributed by atoms with Crippen molar-refractivity contribution < 1.29 is 4.79 Å². The van der Waals surface area contributed by atoms with Gasteiger partial charge >= 0.3 is 0 Å². The molecule has 112 valence electrons. The Bertz CT molecular complexity index is 674. The van der Waals surface area contributed by atoms with Crippen molar-refractivity contribution in [3.05, 3.63) is 28.1 Å². The molecule has 5 heteroatoms. The Morgan fingerprint density at radius 3 is 2.81 bits per heavy atom. The monoisotopic (exact) mass is 322 g/mol. The minimum absolute atomic E-state index is 0.0689. The van der Waals surface area contributed by atoms with Crippen molar-refractivity contribution in [1.82, 2.24) is 4.90 Å². The zero-order chi connectivity index (χ0) is 15.0. The number of rotatable bonds is 2. The number of fused-ring (bicyclic) bond motifs is 1. The number of nitrogens with two attached hydrogens (primary N) is 1. The molecule has 2 N–H and O–H groups in total. The van der Waals surface area contributed by atoms with E-state index in [9.17, 15) is 4.79 Å². The summed E-state index contributed by atoms with van der Waals surface area (Å²) in [6, 6.07) is 5.58. The molecule has 3 rings (SSSR count). The Kier molecular flexibility index (Phi) is 4.09. The van der Waals surface area contributed by atoms with Gasteiger partial charge in [0.05, 0.1) is 5.69 Å². The smallest absolute Gasteiger partial charge is 0.266 e. The maximum Gasteiger partial charge on any atom is 0.266 e. The Morgan fingerprint density at radius 1 is 1.43 bits per heavy atom. The highest BCUT2D eigenvalue weighted by atomic mass is 35.5. The molecule has 0 atom stereocenters. The molecule has 1 amide bonds. The molecule has 3 nitrogen and oxygen atoms in total. The third-order valence-corrected chi connectivity index (χ3v) is 5.76. The van der Waals surface area contributed by atoms with Crippen LogP contribution >= 0.6 is 22.9 Å². The van der Waals surface area contributed by atoms with Gasteiger partial charge < -0.3 is 10.6 Å². The molecular weight excluding hydrogens is 304 g/mol. The second-order valence-corrected chi connectivity index (χ2v) is 7.12. The molecular formula is C16H19ClN2OS. The number of hydrogen-bond donors (Lipinski definition) is 1. The van der Waals surface area contributed by atoms with Crippen LogP contribution in [-0.4, -0.2) is 23.9 Å². The summed E-state index contributed by atoms with van der Waals surface area (Å²) >= 11 is 7.46. The molecule has 0 radical (unpaired) electrons. The first kappa shape index (κ1) is 14.7. The number of nitrogen functional groups attached to an aromatic ring is 1. The minimum Gasteiger partial charge on any atom is -0.397 e. The molecule has 0 unspecified atom stereocenters. The summed E-state index contributed by atoms with van der Waals surface area (Å²) in [6.45, 7) is 3.90. The largest absolute Gasteiger partial charge is 0.397 e. The zero-order valence-electron chi connectivity index (χ0n) is 12.1. The van der Waals surface area contributed by atoms with Crippen LogP contribution in [0.5, 0.6) is 0 Å². The van der Waals surface area contributed by atoms with E-state index in [4.69, 9.17) is 17.3 Å². The van der Waals surface area contributed by atoms with Gasteiger partial charge in [0.25, 0.3) is 5.91 Å². The van der Waals surface area contributed by atoms with Crippen LogP contribution < -0.4 is 5.73 Å². The number of anilines is 1. The number of thiophene rings is 1. The molecule has 1 aliphatic heterocycles. The van der Waals surface area contributed by atoms with E-state index in [1.807, 2.05) is 23.1 Å². The van der Waals surface area contributed by atoms with E-state index in [-0.39, 0.29) is 5.91 Å². The van der Waals surface area contributed by atoms with E-state index in [0.717, 1.165) is 41.9 Å². The molecule has 1 saturated heterocycles. The van der Waals surface area contributed by atoms with Gasteiger partial charge in [-0.3, -0.25) is 4.79 Å². The number of nitrogens with zero attached hydrogens (tertiary/aromatic N) is 1. The number of halogens is 1. The normalized spacial score (nSPS) is 16.6. The molecule has 0 saturated carbocycles. The van der Waals surface area contributed by atoms with E-state index in [1.54, 1.807) is 0 Å². The first-order valence-electron chi connectivity index (χ1n) is 7.37. The minimum atomic E-state index is 0.0689. The lowest BCUT2D eigenvalue weighted by atomic mass is 9.94. The van der Waals surface area contributed by atoms with E-state index < -0.39 is 0 Å². The predicted molar refractivity (Wildman–Crippen MR) is 90.2 cm³/mol. The number of piperidine rings is 1. The summed E-state index contributed by atoms with van der Waals surface area (Å²) in [7, 11) is 0. The lowest BCUT2D eigenvalue weighted by Gasteiger charge is -2.31. The molecule has 1 aliphatic rings. The molecule has 1 fully saturated rings. The Morgan fingerprint density at radius 2 is 2.14 bits per heavy atom. The van der Waals surface area contributed by atoms with Crippen LogP contribution in [0.2, 0.25) is 5.02 Å². The third kappa shape index (κ3) is 2.74. The topological polar surface area (TPSA) is 46.3 Å². The molecule has 1 aromatic carbocycles. The Labute approximate surface area is 133 Å². The zero-order valence-corrected chi connectivity index (χ0v) is 13.6. The van der Waals surface area contributed by atoms with Crippen molar-refractivity contribution in [3.63, 3.8) is 0 Å². The van der Waals surface area contributed by atoms with Crippen LogP contribution in [0.3, 0.4) is 0 Å². The van der Waals surface area contributed by atoms with Gasteiger partial charge in [0.1, 0.15) is 4.88 Å². The molecule has 2 aromatic rings. The first-order valence-corrected chi connectivity index (χ1v) is 8.56. The molecule has 21 heavy (non-hydrogen) atoms. The standard InChI is InChI=1S/C16H19ClN2OS/c1-2-10-5-7-19(8-6-10)16(20)15-14(18)12-4-3-11(17)9-13(12)21-15/h3-4,9-10H,2,5-8,18H2,1H3. The van der Waals surface area contributed by atoms with Crippen molar-refractivity contribution in [2.24, 2.45) is 5.92 Å². The van der Waals surface area contributed by atoms with Gasteiger partial charge in [-0.05, 0) is 37.0 Å². The molecule has 0 aliphatic carbocycles. The first-order chi connectivity index (χ1) is 10.1. The molecule has 0 spiro atoms. The summed E-state index contributed by atoms with van der Waals surface area (Å²) < 4.78 is 0.979. The highest BCUT2D eigenvalue weighted by Crippen LogP contribution is 2.36. The fourth-order valence-electron chi connectivity index (χ4n) is 2.94. The van der Waals surface area contributed by atoms with Crippen LogP contribution in [0.1, 0.15) is 35.9 Å². The lowest BCUT2D eigenvalue weighted by molar-refractivity contribution is 0.0695. The summed E-state index contributed by atoms with van der Waals surface area (Å²) in [5, 5.41) is 1.60. The number of amides is 1. The van der Waals surface area contributed by atoms with E-state index in [2.05, 4.69) is 6.92 Å². The fraction of sp³-hybridized carbons (Fsp3) is 0.438. The van der Waals surface area contributed by atoms with Gasteiger partial charge in [0.15, 0.2) is 0 Å². The molecule has 2 heterocycles. The van der Waals surface area contributed by atoms with Gasteiger partial charge in [-0.1, -0.05) is 24.9 Å². The van der Waals surface area contributed by atoms with Crippen molar-refractivity contribution >= 4 is 44.6 Å². The van der Waals surface area contributed by atoms with Crippen LogP contribution in [0.4, 0.5) is 5.69 Å². The average molecular weight is 323 g/mol. The lowest BCUT2D eigenvalue weighted by Crippen LogP contribution is -2.38. The number of benzene rings is 1. The van der Waals surface area contributed by atoms with Crippen molar-refractivity contribution in [3.8, 4) is 0 Å². The Hall–Kier alpha value is -1.26. The van der Waals surface area contributed by atoms with Crippen molar-refractivity contribution in [1.29, 1.82) is 0 Å². The van der Waals surface area contributed by atoms with Gasteiger partial charge in [-0.25, -0.2) is 0 Å². The number of carbonyl (C=O) groups excluding carboxylic acids is 1. The second-order valence-electron chi connectivity index (χ2n) is 5.63. The van der Waals surface area contributed by atoms with Gasteiger partial charge in [0, 0.05) is 28.2 Å². The van der Waals surface area contributed by atoms with E-state index in [1.165, 1.54) is 17.8 Å². The highest BCUT2D eigenvalue weighted by Gasteiger charge is 2.26. The quantitative estimate of drug-likeness (QED) is 0.890. The molecule has 1 aromatic heterocycles. The maximum absolute atomic E-state index is 12.7. The average Bonchev–Trinajstić information content (AvgIpc) is 2.83. The second kappa shape index (κ2) is 5.85. The summed E-state index contributed by atoms with van der Waals surface area (Å²) in [4.78, 5) is 15.3. The number of likely N-dealkylation sites (tertiary alicyclic amines) is 1. The van der Waals surface area contributed by atoms with Gasteiger partial charge in [-0.15, -0.1) is 11.3 Å². The van der Waals surface area contributed by atoms with Crippen LogP contribution in [0.25, 0.3) is 10.1 Å². The van der Waals surface area contributed by atoms with Crippen molar-refractivity contribution in [2.75, 3.05) is 18.8 Å². The van der Waals surface area contributed by atoms with Crippen molar-refractivity contribution in [2.45, 2.75) is 26.2 Å². The highest BCUT2D eigenvalue weighted by molar-refractivity contribution is 7.21. The summed E-state index contributed by atoms with van der Waals surface area (Å²) in [5.41, 5.74) is 6.76. The fourth-order valence-corrected chi connectivity index (χ4v) is 4.30. The van der Waals surface area contributed by atoms with E-state index in [0.29, 0.717) is 15.6 Å². The van der Waals surface area contributed by atoms with Crippen LogP contribution in [0, 0.1) is 5.92 Å². The third-order valence-electron chi connectivity index (χ3n) is 4.36. The van der Waals surface area contributed by atoms with Gasteiger partial charge in [-0.2, -0.15) is 0 Å². The number of hydrogen-bond acceptors (Lipinski definition) is 3. The predicted octanol–water partition coefficient (Wildman–Crippen LogP) is 4.40. The summed E-state index contributed by atoms with van der Waals surface area (Å²) in [6.07, 6.45) is 3.39. The van der Waals surface area contributed by atoms with Crippen LogP contribution in [0.15, 0.2) is 18.2 Å². The number of carbonyl (C=O) groups is 1. The van der Waals surface area contributed by atoms with Gasteiger partial charge in [0.2, 0.25) is 0 Å². The Balaban J connectivity index is 1.86. The molecule has 0 bridgehead atoms. The summed E-state index contributed by atoms with van der Waals surface area (Å²) in [5.74, 6) is 0.826. The maximum atomic E-state index is 12.7.